The maximum Gasteiger partial charge on any atom is 0.252 e. The summed E-state index contributed by atoms with van der Waals surface area (Å²) < 4.78 is 27.8. The number of thiophene rings is 1. The third kappa shape index (κ3) is 3.82. The van der Waals surface area contributed by atoms with Gasteiger partial charge in [0.1, 0.15) is 4.21 Å². The van der Waals surface area contributed by atoms with E-state index >= 15 is 0 Å². The Balaban J connectivity index is 1.71. The summed E-state index contributed by atoms with van der Waals surface area (Å²) in [5, 5.41) is 5.07. The molecule has 124 valence electrons. The van der Waals surface area contributed by atoms with Crippen molar-refractivity contribution in [3.05, 3.63) is 27.5 Å². The van der Waals surface area contributed by atoms with Crippen LogP contribution < -0.4 is 5.32 Å². The SMILES string of the molecule is O=C(Nc1nccs1)[C@@H]1CCCN(S(=O)(=O)c2ccc(Br)s2)C1. The normalized spacial score (nSPS) is 19.6. The molecule has 6 nitrogen and oxygen atoms in total. The van der Waals surface area contributed by atoms with Crippen LogP contribution in [0.5, 0.6) is 0 Å². The van der Waals surface area contributed by atoms with Crippen LogP contribution in [0.25, 0.3) is 0 Å². The van der Waals surface area contributed by atoms with E-state index in [4.69, 9.17) is 0 Å². The second-order valence-electron chi connectivity index (χ2n) is 5.09. The molecule has 2 aromatic heterocycles. The first-order valence-electron chi connectivity index (χ1n) is 6.92. The number of piperidine rings is 1. The second-order valence-corrected chi connectivity index (χ2v) is 10.6. The molecule has 0 spiro atoms. The average molecular weight is 436 g/mol. The van der Waals surface area contributed by atoms with E-state index in [9.17, 15) is 13.2 Å². The van der Waals surface area contributed by atoms with Gasteiger partial charge < -0.3 is 5.32 Å². The highest BCUT2D eigenvalue weighted by Gasteiger charge is 2.34. The summed E-state index contributed by atoms with van der Waals surface area (Å²) >= 11 is 5.81. The lowest BCUT2D eigenvalue weighted by atomic mass is 9.99. The third-order valence-corrected chi connectivity index (χ3v) is 8.20. The predicted molar refractivity (Wildman–Crippen MR) is 94.2 cm³/mol. The fourth-order valence-corrected chi connectivity index (χ4v) is 6.65. The molecule has 1 fully saturated rings. The smallest absolute Gasteiger partial charge is 0.252 e. The predicted octanol–water partition coefficient (Wildman–Crippen LogP) is 3.01. The largest absolute Gasteiger partial charge is 0.302 e. The molecule has 10 heteroatoms. The molecule has 1 aliphatic heterocycles. The van der Waals surface area contributed by atoms with Gasteiger partial charge >= 0.3 is 0 Å². The summed E-state index contributed by atoms with van der Waals surface area (Å²) in [6.07, 6.45) is 2.96. The molecule has 0 saturated carbocycles. The van der Waals surface area contributed by atoms with Crippen LogP contribution in [0.3, 0.4) is 0 Å². The first-order valence-corrected chi connectivity index (χ1v) is 10.9. The van der Waals surface area contributed by atoms with E-state index in [1.807, 2.05) is 0 Å². The van der Waals surface area contributed by atoms with Gasteiger partial charge in [-0.05, 0) is 40.9 Å². The van der Waals surface area contributed by atoms with Crippen molar-refractivity contribution in [1.29, 1.82) is 0 Å². The van der Waals surface area contributed by atoms with Crippen LogP contribution in [-0.4, -0.2) is 36.7 Å². The minimum atomic E-state index is -3.54. The van der Waals surface area contributed by atoms with E-state index in [1.165, 1.54) is 27.0 Å². The number of anilines is 1. The van der Waals surface area contributed by atoms with Crippen molar-refractivity contribution in [2.24, 2.45) is 5.92 Å². The van der Waals surface area contributed by atoms with Crippen LogP contribution in [0, 0.1) is 5.92 Å². The van der Waals surface area contributed by atoms with Gasteiger partial charge in [0.25, 0.3) is 10.0 Å². The van der Waals surface area contributed by atoms with Gasteiger partial charge in [0.05, 0.1) is 9.70 Å². The van der Waals surface area contributed by atoms with Crippen LogP contribution in [0.2, 0.25) is 0 Å². The van der Waals surface area contributed by atoms with Crippen LogP contribution in [0.15, 0.2) is 31.7 Å². The van der Waals surface area contributed by atoms with E-state index in [-0.39, 0.29) is 18.4 Å². The number of nitrogens with one attached hydrogen (secondary N) is 1. The van der Waals surface area contributed by atoms with Crippen molar-refractivity contribution in [1.82, 2.24) is 9.29 Å². The highest BCUT2D eigenvalue weighted by atomic mass is 79.9. The minimum Gasteiger partial charge on any atom is -0.302 e. The zero-order valence-electron chi connectivity index (χ0n) is 11.9. The molecule has 0 radical (unpaired) electrons. The molecule has 1 N–H and O–H groups in total. The van der Waals surface area contributed by atoms with E-state index in [0.29, 0.717) is 28.7 Å². The average Bonchev–Trinajstić information content (AvgIpc) is 3.19. The quantitative estimate of drug-likeness (QED) is 0.799. The van der Waals surface area contributed by atoms with Crippen LogP contribution in [-0.2, 0) is 14.8 Å². The molecule has 0 unspecified atom stereocenters. The molecule has 1 atom stereocenters. The molecule has 2 aromatic rings. The van der Waals surface area contributed by atoms with E-state index in [0.717, 1.165) is 3.79 Å². The molecule has 1 aliphatic rings. The lowest BCUT2D eigenvalue weighted by molar-refractivity contribution is -0.120. The summed E-state index contributed by atoms with van der Waals surface area (Å²) in [6, 6.07) is 3.30. The summed E-state index contributed by atoms with van der Waals surface area (Å²) in [7, 11) is -3.54. The van der Waals surface area contributed by atoms with Crippen molar-refractivity contribution in [2.75, 3.05) is 18.4 Å². The molecule has 0 aromatic carbocycles. The Morgan fingerprint density at radius 2 is 2.26 bits per heavy atom. The summed E-state index contributed by atoms with van der Waals surface area (Å²) in [5.74, 6) is -0.530. The monoisotopic (exact) mass is 435 g/mol. The van der Waals surface area contributed by atoms with Crippen molar-refractivity contribution >= 4 is 59.7 Å². The number of nitrogens with zero attached hydrogens (tertiary/aromatic N) is 2. The van der Waals surface area contributed by atoms with Crippen LogP contribution in [0.4, 0.5) is 5.13 Å². The number of thiazole rings is 1. The van der Waals surface area contributed by atoms with Crippen molar-refractivity contribution in [2.45, 2.75) is 17.1 Å². The highest BCUT2D eigenvalue weighted by Crippen LogP contribution is 2.31. The number of amides is 1. The zero-order valence-corrected chi connectivity index (χ0v) is 16.0. The van der Waals surface area contributed by atoms with E-state index in [1.54, 1.807) is 23.7 Å². The van der Waals surface area contributed by atoms with Gasteiger partial charge in [-0.3, -0.25) is 4.79 Å². The third-order valence-electron chi connectivity index (χ3n) is 3.56. The van der Waals surface area contributed by atoms with Crippen LogP contribution in [0.1, 0.15) is 12.8 Å². The Morgan fingerprint density at radius 1 is 1.43 bits per heavy atom. The van der Waals surface area contributed by atoms with Crippen molar-refractivity contribution in [3.8, 4) is 0 Å². The number of carbonyl (C=O) groups excluding carboxylic acids is 1. The number of carbonyl (C=O) groups is 1. The second kappa shape index (κ2) is 6.98. The first kappa shape index (κ1) is 17.0. The number of hydrogen-bond acceptors (Lipinski definition) is 6. The number of sulfonamides is 1. The van der Waals surface area contributed by atoms with Crippen molar-refractivity contribution < 1.29 is 13.2 Å². The molecular formula is C13H14BrN3O3S3. The van der Waals surface area contributed by atoms with Gasteiger partial charge in [0.2, 0.25) is 5.91 Å². The lowest BCUT2D eigenvalue weighted by Gasteiger charge is -2.30. The number of aromatic nitrogens is 1. The Kier molecular flexibility index (Phi) is 5.16. The zero-order chi connectivity index (χ0) is 16.4. The van der Waals surface area contributed by atoms with Crippen molar-refractivity contribution in [3.63, 3.8) is 0 Å². The number of rotatable bonds is 4. The number of hydrogen-bond donors (Lipinski definition) is 1. The van der Waals surface area contributed by atoms with Gasteiger partial charge in [-0.15, -0.1) is 22.7 Å². The number of halogens is 1. The topological polar surface area (TPSA) is 79.4 Å². The molecule has 1 saturated heterocycles. The minimum absolute atomic E-state index is 0.174. The molecule has 1 amide bonds. The van der Waals surface area contributed by atoms with Gasteiger partial charge in [-0.25, -0.2) is 13.4 Å². The van der Waals surface area contributed by atoms with Gasteiger partial charge in [-0.1, -0.05) is 0 Å². The summed E-state index contributed by atoms with van der Waals surface area (Å²) in [6.45, 7) is 0.647. The Hall–Kier alpha value is -0.810. The Morgan fingerprint density at radius 3 is 2.91 bits per heavy atom. The lowest BCUT2D eigenvalue weighted by Crippen LogP contribution is -2.43. The Bertz CT molecular complexity index is 789. The highest BCUT2D eigenvalue weighted by molar-refractivity contribution is 9.11. The maximum atomic E-state index is 12.7. The van der Waals surface area contributed by atoms with Gasteiger partial charge in [0.15, 0.2) is 5.13 Å². The Labute approximate surface area is 150 Å². The standard InChI is InChI=1S/C13H14BrN3O3S3/c14-10-3-4-11(22-10)23(19,20)17-6-1-2-9(8-17)12(18)16-13-15-5-7-21-13/h3-5,7,9H,1-2,6,8H2,(H,15,16,18)/t9-/m1/s1. The molecular weight excluding hydrogens is 422 g/mol. The fraction of sp³-hybridized carbons (Fsp3) is 0.385. The maximum absolute atomic E-state index is 12.7. The first-order chi connectivity index (χ1) is 11.0. The van der Waals surface area contributed by atoms with E-state index in [2.05, 4.69) is 26.2 Å². The molecule has 3 heterocycles. The van der Waals surface area contributed by atoms with E-state index < -0.39 is 10.0 Å². The molecule has 0 aliphatic carbocycles. The molecule has 23 heavy (non-hydrogen) atoms. The fourth-order valence-electron chi connectivity index (χ4n) is 2.43. The molecule has 3 rings (SSSR count). The van der Waals surface area contributed by atoms with Gasteiger partial charge in [0, 0.05) is 24.7 Å². The van der Waals surface area contributed by atoms with Gasteiger partial charge in [-0.2, -0.15) is 4.31 Å². The van der Waals surface area contributed by atoms with Crippen LogP contribution >= 0.6 is 38.6 Å². The summed E-state index contributed by atoms with van der Waals surface area (Å²) in [4.78, 5) is 16.3. The molecule has 0 bridgehead atoms. The summed E-state index contributed by atoms with van der Waals surface area (Å²) in [5.41, 5.74) is 0.